The molecule has 1 aromatic carbocycles. The van der Waals surface area contributed by atoms with E-state index in [0.717, 1.165) is 50.0 Å². The maximum Gasteiger partial charge on any atom is 0.155 e. The van der Waals surface area contributed by atoms with E-state index < -0.39 is 0 Å². The summed E-state index contributed by atoms with van der Waals surface area (Å²) in [5.74, 6) is 4.08. The van der Waals surface area contributed by atoms with Crippen LogP contribution in [0.15, 0.2) is 53.8 Å². The fourth-order valence-corrected chi connectivity index (χ4v) is 7.88. The number of allylic oxidation sites excluding steroid dienone is 4. The zero-order valence-electron chi connectivity index (χ0n) is 18.2. The van der Waals surface area contributed by atoms with Crippen molar-refractivity contribution in [1.29, 1.82) is 0 Å². The number of ketones is 1. The smallest absolute Gasteiger partial charge is 0.155 e. The average molecular weight is 425 g/mol. The molecule has 6 atom stereocenters. The molecule has 3 nitrogen and oxygen atoms in total. The number of hydrogen-bond donors (Lipinski definition) is 0. The summed E-state index contributed by atoms with van der Waals surface area (Å²) in [4.78, 5) is 13.5. The first kappa shape index (κ1) is 20.2. The van der Waals surface area contributed by atoms with E-state index in [-0.39, 0.29) is 16.1 Å². The molecule has 4 aliphatic carbocycles. The Balaban J connectivity index is 1.37. The Morgan fingerprint density at radius 3 is 2.63 bits per heavy atom. The molecular formula is C26H32O3S. The van der Waals surface area contributed by atoms with Crippen molar-refractivity contribution in [3.05, 3.63) is 53.8 Å². The Kier molecular flexibility index (Phi) is 5.04. The molecule has 6 unspecified atom stereocenters. The summed E-state index contributed by atoms with van der Waals surface area (Å²) in [6.45, 7) is 4.70. The van der Waals surface area contributed by atoms with Crippen molar-refractivity contribution >= 4 is 17.8 Å². The summed E-state index contributed by atoms with van der Waals surface area (Å²) in [5, 5.41) is -0.0523. The predicted octanol–water partition coefficient (Wildman–Crippen LogP) is 6.36. The van der Waals surface area contributed by atoms with Gasteiger partial charge in [0.2, 0.25) is 0 Å². The van der Waals surface area contributed by atoms with Crippen LogP contribution in [-0.2, 0) is 9.53 Å². The molecule has 0 N–H and O–H groups in total. The van der Waals surface area contributed by atoms with Crippen LogP contribution in [0.1, 0.15) is 52.4 Å². The Bertz CT molecular complexity index is 891. The lowest BCUT2D eigenvalue weighted by Gasteiger charge is -2.55. The fraction of sp³-hybridized carbons (Fsp3) is 0.577. The van der Waals surface area contributed by atoms with Gasteiger partial charge >= 0.3 is 0 Å². The summed E-state index contributed by atoms with van der Waals surface area (Å²) in [7, 11) is 1.78. The molecule has 0 aromatic heterocycles. The van der Waals surface area contributed by atoms with Crippen molar-refractivity contribution in [1.82, 2.24) is 0 Å². The third-order valence-electron chi connectivity index (χ3n) is 8.71. The quantitative estimate of drug-likeness (QED) is 0.527. The van der Waals surface area contributed by atoms with Crippen molar-refractivity contribution in [3.63, 3.8) is 0 Å². The van der Waals surface area contributed by atoms with Crippen molar-refractivity contribution in [2.24, 2.45) is 28.6 Å². The molecule has 2 fully saturated rings. The minimum absolute atomic E-state index is 0.0523. The summed E-state index contributed by atoms with van der Waals surface area (Å²) in [6.07, 6.45) is 11.1. The van der Waals surface area contributed by atoms with Gasteiger partial charge in [0.1, 0.15) is 11.0 Å². The van der Waals surface area contributed by atoms with Gasteiger partial charge in [0, 0.05) is 11.8 Å². The zero-order valence-corrected chi connectivity index (χ0v) is 19.0. The van der Waals surface area contributed by atoms with Gasteiger partial charge in [0.25, 0.3) is 0 Å². The van der Waals surface area contributed by atoms with E-state index in [1.807, 2.05) is 30.3 Å². The summed E-state index contributed by atoms with van der Waals surface area (Å²) in [6, 6.07) is 9.83. The van der Waals surface area contributed by atoms with Gasteiger partial charge in [0.15, 0.2) is 5.78 Å². The molecule has 0 spiro atoms. The minimum Gasteiger partial charge on any atom is -0.501 e. The number of carbonyl (C=O) groups excluding carboxylic acids is 1. The van der Waals surface area contributed by atoms with Crippen molar-refractivity contribution in [2.45, 2.75) is 57.6 Å². The van der Waals surface area contributed by atoms with Crippen LogP contribution in [0.5, 0.6) is 5.75 Å². The van der Waals surface area contributed by atoms with Crippen LogP contribution in [0, 0.1) is 28.6 Å². The van der Waals surface area contributed by atoms with Gasteiger partial charge in [-0.05, 0) is 79.1 Å². The van der Waals surface area contributed by atoms with Gasteiger partial charge in [0.05, 0.1) is 24.9 Å². The number of carbonyl (C=O) groups is 1. The minimum atomic E-state index is -0.192. The molecule has 0 radical (unpaired) electrons. The topological polar surface area (TPSA) is 35.5 Å². The Hall–Kier alpha value is -1.68. The second kappa shape index (κ2) is 7.47. The third kappa shape index (κ3) is 3.05. The van der Waals surface area contributed by atoms with Gasteiger partial charge in [-0.2, -0.15) is 0 Å². The second-order valence-electron chi connectivity index (χ2n) is 10.0. The molecule has 5 rings (SSSR count). The van der Waals surface area contributed by atoms with Crippen LogP contribution >= 0.6 is 12.0 Å². The molecule has 0 aliphatic heterocycles. The van der Waals surface area contributed by atoms with E-state index in [1.54, 1.807) is 7.11 Å². The van der Waals surface area contributed by atoms with Gasteiger partial charge in [-0.3, -0.25) is 4.79 Å². The lowest BCUT2D eigenvalue weighted by atomic mass is 9.49. The van der Waals surface area contributed by atoms with Gasteiger partial charge in [-0.15, -0.1) is 0 Å². The maximum absolute atomic E-state index is 13.5. The summed E-state index contributed by atoms with van der Waals surface area (Å²) in [5.41, 5.74) is 1.50. The molecule has 0 saturated heterocycles. The number of fused-ring (bicyclic) bond motifs is 5. The fourth-order valence-electron chi connectivity index (χ4n) is 6.90. The number of methoxy groups -OCH3 is 1. The van der Waals surface area contributed by atoms with E-state index in [1.165, 1.54) is 17.6 Å². The number of benzene rings is 1. The van der Waals surface area contributed by atoms with Crippen LogP contribution in [0.3, 0.4) is 0 Å². The predicted molar refractivity (Wildman–Crippen MR) is 121 cm³/mol. The normalized spacial score (nSPS) is 39.9. The molecule has 4 aliphatic rings. The highest BCUT2D eigenvalue weighted by molar-refractivity contribution is 7.96. The van der Waals surface area contributed by atoms with Crippen LogP contribution in [0.2, 0.25) is 0 Å². The molecule has 4 heteroatoms. The molecule has 0 bridgehead atoms. The van der Waals surface area contributed by atoms with Crippen molar-refractivity contribution < 1.29 is 13.7 Å². The third-order valence-corrected chi connectivity index (χ3v) is 9.64. The Morgan fingerprint density at radius 1 is 1.07 bits per heavy atom. The molecule has 30 heavy (non-hydrogen) atoms. The average Bonchev–Trinajstić information content (AvgIpc) is 3.03. The van der Waals surface area contributed by atoms with Crippen LogP contribution in [-0.4, -0.2) is 18.1 Å². The Labute approximate surface area is 184 Å². The highest BCUT2D eigenvalue weighted by atomic mass is 32.2. The highest BCUT2D eigenvalue weighted by Crippen LogP contribution is 2.64. The van der Waals surface area contributed by atoms with Crippen LogP contribution in [0.4, 0.5) is 0 Å². The number of Topliss-reactive ketones (excluding diaryl/α,β-unsaturated/α-hetero) is 1. The van der Waals surface area contributed by atoms with E-state index in [0.29, 0.717) is 23.5 Å². The summed E-state index contributed by atoms with van der Waals surface area (Å²) >= 11 is 1.38. The number of para-hydroxylation sites is 1. The molecule has 1 aromatic rings. The van der Waals surface area contributed by atoms with Gasteiger partial charge < -0.3 is 8.92 Å². The summed E-state index contributed by atoms with van der Waals surface area (Å²) < 4.78 is 11.5. The van der Waals surface area contributed by atoms with Crippen molar-refractivity contribution in [2.75, 3.05) is 7.11 Å². The lowest BCUT2D eigenvalue weighted by Crippen LogP contribution is -2.49. The molecule has 160 valence electrons. The number of rotatable bonds is 4. The van der Waals surface area contributed by atoms with Crippen LogP contribution < -0.4 is 4.18 Å². The SMILES string of the molecule is COC1=CC2=CCC3C4CC(SOc5ccccc5)C(=O)C4(C)CCC3C2(C)CC1. The highest BCUT2D eigenvalue weighted by Gasteiger charge is 2.61. The maximum atomic E-state index is 13.5. The van der Waals surface area contributed by atoms with Crippen LogP contribution in [0.25, 0.3) is 0 Å². The number of hydrogen-bond acceptors (Lipinski definition) is 4. The number of ether oxygens (including phenoxy) is 1. The molecule has 0 heterocycles. The monoisotopic (exact) mass is 424 g/mol. The van der Waals surface area contributed by atoms with Gasteiger partial charge in [-0.25, -0.2) is 0 Å². The molecule has 2 saturated carbocycles. The lowest BCUT2D eigenvalue weighted by molar-refractivity contribution is -0.131. The standard InChI is InChI=1S/C26H32O3S/c1-25-13-11-19(28-3)15-17(25)9-10-20-21(25)12-14-26(2)22(20)16-23(24(26)27)30-29-18-7-5-4-6-8-18/h4-9,15,20-23H,10-14,16H2,1-3H3. The first-order chi connectivity index (χ1) is 14.5. The van der Waals surface area contributed by atoms with Crippen molar-refractivity contribution in [3.8, 4) is 5.75 Å². The second-order valence-corrected chi connectivity index (χ2v) is 11.0. The molecular weight excluding hydrogens is 392 g/mol. The van der Waals surface area contributed by atoms with E-state index in [9.17, 15) is 4.79 Å². The largest absolute Gasteiger partial charge is 0.501 e. The zero-order chi connectivity index (χ0) is 20.9. The molecule has 0 amide bonds. The Morgan fingerprint density at radius 2 is 1.87 bits per heavy atom. The van der Waals surface area contributed by atoms with Gasteiger partial charge in [-0.1, -0.05) is 38.1 Å². The van der Waals surface area contributed by atoms with E-state index in [2.05, 4.69) is 26.0 Å². The van der Waals surface area contributed by atoms with E-state index in [4.69, 9.17) is 8.92 Å². The first-order valence-corrected chi connectivity index (χ1v) is 12.1. The first-order valence-electron chi connectivity index (χ1n) is 11.3. The van der Waals surface area contributed by atoms with E-state index >= 15 is 0 Å².